The van der Waals surface area contributed by atoms with E-state index in [9.17, 15) is 4.39 Å². The number of aryl methyl sites for hydroxylation is 1. The Balaban J connectivity index is 1.68. The first-order valence-electron chi connectivity index (χ1n) is 10.2. The van der Waals surface area contributed by atoms with Gasteiger partial charge in [-0.15, -0.1) is 6.42 Å². The van der Waals surface area contributed by atoms with Gasteiger partial charge in [-0.05, 0) is 69.0 Å². The molecule has 1 unspecified atom stereocenters. The standard InChI is InChI=1S/C26H25ClFNO2/c1-4-26(3,19-13-14-24(30-5-2)23(27)16-19)15-9-10-21-17-20(28)18-25(29-21)31-22-11-7-6-8-12-22/h1,6-8,11-14,16-18H,5,9-10,15H2,2-3H3. The average molecular weight is 438 g/mol. The number of hydrogen-bond donors (Lipinski definition) is 0. The SMILES string of the molecule is C#CC(C)(CCCc1cc(F)cc(Oc2ccccc2)n1)c1ccc(OCC)c(Cl)c1. The number of benzene rings is 2. The molecule has 5 heteroatoms. The van der Waals surface area contributed by atoms with E-state index in [0.717, 1.165) is 12.0 Å². The highest BCUT2D eigenvalue weighted by Crippen LogP contribution is 2.34. The van der Waals surface area contributed by atoms with Crippen molar-refractivity contribution in [1.82, 2.24) is 4.98 Å². The molecule has 0 saturated heterocycles. The first-order valence-corrected chi connectivity index (χ1v) is 10.6. The average Bonchev–Trinajstić information content (AvgIpc) is 2.75. The predicted molar refractivity (Wildman–Crippen MR) is 122 cm³/mol. The van der Waals surface area contributed by atoms with Crippen molar-refractivity contribution in [2.45, 2.75) is 38.5 Å². The van der Waals surface area contributed by atoms with Crippen molar-refractivity contribution in [1.29, 1.82) is 0 Å². The smallest absolute Gasteiger partial charge is 0.222 e. The Morgan fingerprint density at radius 2 is 1.90 bits per heavy atom. The number of para-hydroxylation sites is 1. The molecule has 1 atom stereocenters. The molecule has 2 aromatic carbocycles. The first kappa shape index (κ1) is 22.7. The van der Waals surface area contributed by atoms with E-state index in [0.29, 0.717) is 41.7 Å². The van der Waals surface area contributed by atoms with E-state index in [1.165, 1.54) is 12.1 Å². The molecule has 1 aromatic heterocycles. The molecule has 0 aliphatic heterocycles. The first-order chi connectivity index (χ1) is 14.9. The summed E-state index contributed by atoms with van der Waals surface area (Å²) in [6, 6.07) is 17.5. The number of rotatable bonds is 9. The minimum Gasteiger partial charge on any atom is -0.492 e. The van der Waals surface area contributed by atoms with Crippen molar-refractivity contribution >= 4 is 11.6 Å². The topological polar surface area (TPSA) is 31.4 Å². The molecule has 0 amide bonds. The lowest BCUT2D eigenvalue weighted by Crippen LogP contribution is -2.20. The van der Waals surface area contributed by atoms with Crippen LogP contribution in [-0.2, 0) is 11.8 Å². The maximum Gasteiger partial charge on any atom is 0.222 e. The number of terminal acetylenes is 1. The van der Waals surface area contributed by atoms with Crippen LogP contribution in [0.2, 0.25) is 5.02 Å². The minimum atomic E-state index is -0.509. The molecule has 3 nitrogen and oxygen atoms in total. The number of pyridine rings is 1. The maximum absolute atomic E-state index is 14.1. The van der Waals surface area contributed by atoms with E-state index in [1.54, 1.807) is 12.1 Å². The van der Waals surface area contributed by atoms with Crippen LogP contribution in [0.25, 0.3) is 0 Å². The third-order valence-electron chi connectivity index (χ3n) is 5.08. The van der Waals surface area contributed by atoms with Gasteiger partial charge in [0.15, 0.2) is 0 Å². The quantitative estimate of drug-likeness (QED) is 0.338. The van der Waals surface area contributed by atoms with E-state index in [-0.39, 0.29) is 11.7 Å². The van der Waals surface area contributed by atoms with Crippen LogP contribution >= 0.6 is 11.6 Å². The number of ether oxygens (including phenoxy) is 2. The summed E-state index contributed by atoms with van der Waals surface area (Å²) in [6.07, 6.45) is 7.88. The number of nitrogens with zero attached hydrogens (tertiary/aromatic N) is 1. The van der Waals surface area contributed by atoms with Gasteiger partial charge in [0.25, 0.3) is 0 Å². The van der Waals surface area contributed by atoms with Gasteiger partial charge in [-0.3, -0.25) is 0 Å². The van der Waals surface area contributed by atoms with Gasteiger partial charge in [0.1, 0.15) is 17.3 Å². The van der Waals surface area contributed by atoms with Crippen LogP contribution in [0.15, 0.2) is 60.7 Å². The van der Waals surface area contributed by atoms with E-state index in [4.69, 9.17) is 27.5 Å². The molecule has 0 spiro atoms. The second kappa shape index (κ2) is 10.3. The summed E-state index contributed by atoms with van der Waals surface area (Å²) < 4.78 is 25.3. The second-order valence-corrected chi connectivity index (χ2v) is 7.85. The predicted octanol–water partition coefficient (Wildman–Crippen LogP) is 6.98. The van der Waals surface area contributed by atoms with Gasteiger partial charge in [-0.25, -0.2) is 9.37 Å². The van der Waals surface area contributed by atoms with Crippen LogP contribution in [-0.4, -0.2) is 11.6 Å². The van der Waals surface area contributed by atoms with Gasteiger partial charge >= 0.3 is 0 Å². The van der Waals surface area contributed by atoms with Crippen molar-refractivity contribution in [3.8, 4) is 29.7 Å². The summed E-state index contributed by atoms with van der Waals surface area (Å²) in [6.45, 7) is 4.45. The lowest BCUT2D eigenvalue weighted by atomic mass is 9.79. The van der Waals surface area contributed by atoms with E-state index in [1.807, 2.05) is 50.2 Å². The molecule has 3 rings (SSSR count). The Bertz CT molecular complexity index is 1060. The van der Waals surface area contributed by atoms with Gasteiger partial charge < -0.3 is 9.47 Å². The van der Waals surface area contributed by atoms with E-state index in [2.05, 4.69) is 10.9 Å². The summed E-state index contributed by atoms with van der Waals surface area (Å²) in [5.74, 6) is 4.00. The third-order valence-corrected chi connectivity index (χ3v) is 5.38. The Hall–Kier alpha value is -3.03. The molecule has 0 saturated carbocycles. The molecular formula is C26H25ClFNO2. The summed E-state index contributed by atoms with van der Waals surface area (Å²) in [5.41, 5.74) is 1.06. The Labute approximate surface area is 188 Å². The summed E-state index contributed by atoms with van der Waals surface area (Å²) in [5, 5.41) is 0.537. The molecule has 0 N–H and O–H groups in total. The van der Waals surface area contributed by atoms with Crippen molar-refractivity contribution in [3.05, 3.63) is 82.8 Å². The van der Waals surface area contributed by atoms with Gasteiger partial charge in [-0.1, -0.05) is 41.8 Å². The van der Waals surface area contributed by atoms with Crippen LogP contribution in [0.1, 0.15) is 37.9 Å². The lowest BCUT2D eigenvalue weighted by molar-refractivity contribution is 0.340. The van der Waals surface area contributed by atoms with E-state index < -0.39 is 5.41 Å². The monoisotopic (exact) mass is 437 g/mol. The Kier molecular flexibility index (Phi) is 7.55. The highest BCUT2D eigenvalue weighted by atomic mass is 35.5. The highest BCUT2D eigenvalue weighted by molar-refractivity contribution is 6.32. The van der Waals surface area contributed by atoms with Crippen molar-refractivity contribution in [2.75, 3.05) is 6.61 Å². The molecule has 3 aromatic rings. The van der Waals surface area contributed by atoms with Crippen LogP contribution in [0.4, 0.5) is 4.39 Å². The zero-order valence-electron chi connectivity index (χ0n) is 17.7. The lowest BCUT2D eigenvalue weighted by Gasteiger charge is -2.25. The van der Waals surface area contributed by atoms with E-state index >= 15 is 0 Å². The van der Waals surface area contributed by atoms with Gasteiger partial charge in [0.05, 0.1) is 17.0 Å². The fourth-order valence-corrected chi connectivity index (χ4v) is 3.59. The molecule has 1 heterocycles. The second-order valence-electron chi connectivity index (χ2n) is 7.44. The molecule has 0 fully saturated rings. The zero-order valence-corrected chi connectivity index (χ0v) is 18.5. The van der Waals surface area contributed by atoms with Crippen molar-refractivity contribution in [3.63, 3.8) is 0 Å². The molecule has 0 aliphatic rings. The Morgan fingerprint density at radius 1 is 1.13 bits per heavy atom. The largest absolute Gasteiger partial charge is 0.492 e. The molecule has 160 valence electrons. The number of hydrogen-bond acceptors (Lipinski definition) is 3. The Morgan fingerprint density at radius 3 is 2.58 bits per heavy atom. The van der Waals surface area contributed by atoms with Crippen LogP contribution < -0.4 is 9.47 Å². The molecule has 0 radical (unpaired) electrons. The zero-order chi connectivity index (χ0) is 22.3. The summed E-state index contributed by atoms with van der Waals surface area (Å²) in [4.78, 5) is 4.44. The molecule has 0 aliphatic carbocycles. The molecular weight excluding hydrogens is 413 g/mol. The normalized spacial score (nSPS) is 12.6. The van der Waals surface area contributed by atoms with Gasteiger partial charge in [-0.2, -0.15) is 0 Å². The van der Waals surface area contributed by atoms with Crippen LogP contribution in [0, 0.1) is 18.2 Å². The van der Waals surface area contributed by atoms with Crippen LogP contribution in [0.5, 0.6) is 17.4 Å². The highest BCUT2D eigenvalue weighted by Gasteiger charge is 2.25. The van der Waals surface area contributed by atoms with Crippen molar-refractivity contribution < 1.29 is 13.9 Å². The van der Waals surface area contributed by atoms with Gasteiger partial charge in [0.2, 0.25) is 5.88 Å². The third kappa shape index (κ3) is 5.99. The fraction of sp³-hybridized carbons (Fsp3) is 0.269. The summed E-state index contributed by atoms with van der Waals surface area (Å²) >= 11 is 6.34. The maximum atomic E-state index is 14.1. The minimum absolute atomic E-state index is 0.235. The van der Waals surface area contributed by atoms with Crippen LogP contribution in [0.3, 0.4) is 0 Å². The van der Waals surface area contributed by atoms with Gasteiger partial charge in [0, 0.05) is 11.8 Å². The molecule has 31 heavy (non-hydrogen) atoms. The number of halogens is 2. The molecule has 0 bridgehead atoms. The fourth-order valence-electron chi connectivity index (χ4n) is 3.35. The van der Waals surface area contributed by atoms with Crippen molar-refractivity contribution in [2.24, 2.45) is 0 Å². The summed E-state index contributed by atoms with van der Waals surface area (Å²) in [7, 11) is 0. The number of aromatic nitrogens is 1.